The van der Waals surface area contributed by atoms with Crippen molar-refractivity contribution in [2.24, 2.45) is 0 Å². The lowest BCUT2D eigenvalue weighted by Gasteiger charge is -2.12. The van der Waals surface area contributed by atoms with Gasteiger partial charge in [-0.05, 0) is 25.1 Å². The van der Waals surface area contributed by atoms with E-state index in [0.29, 0.717) is 21.6 Å². The van der Waals surface area contributed by atoms with Crippen molar-refractivity contribution in [2.45, 2.75) is 13.5 Å². The van der Waals surface area contributed by atoms with E-state index in [-0.39, 0.29) is 23.6 Å². The van der Waals surface area contributed by atoms with E-state index in [4.69, 9.17) is 11.6 Å². The van der Waals surface area contributed by atoms with Gasteiger partial charge in [0.2, 0.25) is 5.91 Å². The van der Waals surface area contributed by atoms with Crippen LogP contribution in [0.25, 0.3) is 22.2 Å². The lowest BCUT2D eigenvalue weighted by Crippen LogP contribution is -2.25. The van der Waals surface area contributed by atoms with Crippen LogP contribution in [0.15, 0.2) is 30.6 Å². The number of carbonyl (C=O) groups is 1. The van der Waals surface area contributed by atoms with Crippen LogP contribution >= 0.6 is 11.6 Å². The molecule has 0 spiro atoms. The second kappa shape index (κ2) is 6.44. The summed E-state index contributed by atoms with van der Waals surface area (Å²) >= 11 is 6.18. The van der Waals surface area contributed by atoms with Crippen LogP contribution in [0, 0.1) is 18.6 Å². The molecule has 0 radical (unpaired) electrons. The normalized spacial score (nSPS) is 11.1. The quantitative estimate of drug-likeness (QED) is 0.704. The van der Waals surface area contributed by atoms with Gasteiger partial charge in [0.1, 0.15) is 23.7 Å². The maximum Gasteiger partial charge on any atom is 0.241 e. The number of rotatable bonds is 3. The summed E-state index contributed by atoms with van der Waals surface area (Å²) in [5.41, 5.74) is 1.82. The molecule has 3 rings (SSSR count). The van der Waals surface area contributed by atoms with E-state index in [1.165, 1.54) is 30.2 Å². The van der Waals surface area contributed by atoms with Gasteiger partial charge in [-0.3, -0.25) is 9.78 Å². The Kier molecular flexibility index (Phi) is 4.47. The van der Waals surface area contributed by atoms with E-state index in [0.717, 1.165) is 0 Å². The Balaban J connectivity index is 2.14. The number of fused-ring (bicyclic) bond motifs is 1. The molecule has 0 fully saturated rings. The lowest BCUT2D eigenvalue weighted by molar-refractivity contribution is -0.129. The number of aromatic nitrogens is 2. The highest BCUT2D eigenvalue weighted by atomic mass is 35.5. The molecule has 2 heterocycles. The minimum absolute atomic E-state index is 0.0474. The molecule has 0 aliphatic carbocycles. The number of likely N-dealkylation sites (N-methyl/N-ethyl adjacent to an activating group) is 1. The maximum absolute atomic E-state index is 14.4. The first-order chi connectivity index (χ1) is 11.8. The van der Waals surface area contributed by atoms with E-state index < -0.39 is 11.6 Å². The number of carbonyl (C=O) groups excluding carboxylic acids is 1. The van der Waals surface area contributed by atoms with Gasteiger partial charge >= 0.3 is 0 Å². The maximum atomic E-state index is 14.4. The van der Waals surface area contributed by atoms with Crippen LogP contribution in [0.3, 0.4) is 0 Å². The molecular weight excluding hydrogens is 348 g/mol. The third kappa shape index (κ3) is 3.09. The molecule has 0 saturated carbocycles. The fourth-order valence-corrected chi connectivity index (χ4v) is 2.84. The standard InChI is InChI=1S/C18H16ClF2N3O/c1-10-14(20)5-4-12(17(10)21)11-6-15-18(22-7-11)13(19)8-24(15)9-16(25)23(2)3/h4-8H,9H2,1-3H3. The second-order valence-corrected chi connectivity index (χ2v) is 6.43. The summed E-state index contributed by atoms with van der Waals surface area (Å²) in [7, 11) is 3.33. The zero-order valence-corrected chi connectivity index (χ0v) is 14.7. The van der Waals surface area contributed by atoms with Crippen LogP contribution in [0.4, 0.5) is 8.78 Å². The van der Waals surface area contributed by atoms with Crippen molar-refractivity contribution in [3.63, 3.8) is 0 Å². The molecule has 2 aromatic heterocycles. The van der Waals surface area contributed by atoms with Crippen LogP contribution in [-0.4, -0.2) is 34.5 Å². The third-order valence-corrected chi connectivity index (χ3v) is 4.38. The van der Waals surface area contributed by atoms with Crippen LogP contribution < -0.4 is 0 Å². The number of benzene rings is 1. The predicted molar refractivity (Wildman–Crippen MR) is 93.5 cm³/mol. The Labute approximate surface area is 148 Å². The molecule has 0 bridgehead atoms. The Morgan fingerprint density at radius 1 is 1.32 bits per heavy atom. The number of pyridine rings is 1. The van der Waals surface area contributed by atoms with E-state index in [9.17, 15) is 13.6 Å². The van der Waals surface area contributed by atoms with Crippen molar-refractivity contribution < 1.29 is 13.6 Å². The Bertz CT molecular complexity index is 982. The molecule has 3 aromatic rings. The Morgan fingerprint density at radius 2 is 2.04 bits per heavy atom. The summed E-state index contributed by atoms with van der Waals surface area (Å²) in [5, 5.41) is 0.406. The van der Waals surface area contributed by atoms with Gasteiger partial charge in [0.15, 0.2) is 0 Å². The summed E-state index contributed by atoms with van der Waals surface area (Å²) in [6.07, 6.45) is 3.11. The first-order valence-electron chi connectivity index (χ1n) is 7.59. The monoisotopic (exact) mass is 363 g/mol. The number of amides is 1. The summed E-state index contributed by atoms with van der Waals surface area (Å²) in [4.78, 5) is 17.8. The zero-order valence-electron chi connectivity index (χ0n) is 14.0. The highest BCUT2D eigenvalue weighted by molar-refractivity contribution is 6.35. The third-order valence-electron chi connectivity index (χ3n) is 4.11. The average Bonchev–Trinajstić information content (AvgIpc) is 2.88. The van der Waals surface area contributed by atoms with Crippen molar-refractivity contribution >= 4 is 28.5 Å². The van der Waals surface area contributed by atoms with E-state index in [1.807, 2.05) is 0 Å². The minimum Gasteiger partial charge on any atom is -0.347 e. The molecular formula is C18H16ClF2N3O. The predicted octanol–water partition coefficient (Wildman–Crippen LogP) is 4.03. The van der Waals surface area contributed by atoms with Crippen LogP contribution in [-0.2, 0) is 11.3 Å². The fraction of sp³-hybridized carbons (Fsp3) is 0.222. The first-order valence-corrected chi connectivity index (χ1v) is 7.97. The number of halogens is 3. The fourth-order valence-electron chi connectivity index (χ4n) is 2.57. The SMILES string of the molecule is Cc1c(F)ccc(-c2cnc3c(Cl)cn(CC(=O)N(C)C)c3c2)c1F. The molecule has 0 aliphatic heterocycles. The molecule has 0 unspecified atom stereocenters. The van der Waals surface area contributed by atoms with E-state index in [2.05, 4.69) is 4.98 Å². The summed E-state index contributed by atoms with van der Waals surface area (Å²) in [6.45, 7) is 1.47. The van der Waals surface area contributed by atoms with Crippen LogP contribution in [0.1, 0.15) is 5.56 Å². The van der Waals surface area contributed by atoms with Gasteiger partial charge in [-0.15, -0.1) is 0 Å². The Hall–Kier alpha value is -2.47. The number of nitrogens with zero attached hydrogens (tertiary/aromatic N) is 3. The largest absolute Gasteiger partial charge is 0.347 e. The van der Waals surface area contributed by atoms with Gasteiger partial charge < -0.3 is 9.47 Å². The van der Waals surface area contributed by atoms with Crippen LogP contribution in [0.5, 0.6) is 0 Å². The molecule has 1 aromatic carbocycles. The summed E-state index contributed by atoms with van der Waals surface area (Å²) in [6, 6.07) is 4.30. The average molecular weight is 364 g/mol. The molecule has 0 aliphatic rings. The smallest absolute Gasteiger partial charge is 0.241 e. The van der Waals surface area contributed by atoms with Crippen molar-refractivity contribution in [2.75, 3.05) is 14.1 Å². The van der Waals surface area contributed by atoms with Gasteiger partial charge in [-0.1, -0.05) is 11.6 Å². The van der Waals surface area contributed by atoms with Crippen molar-refractivity contribution in [3.05, 3.63) is 52.8 Å². The summed E-state index contributed by atoms with van der Waals surface area (Å²) in [5.74, 6) is -1.34. The minimum atomic E-state index is -0.630. The zero-order chi connectivity index (χ0) is 18.3. The molecule has 25 heavy (non-hydrogen) atoms. The molecule has 130 valence electrons. The lowest BCUT2D eigenvalue weighted by atomic mass is 10.0. The van der Waals surface area contributed by atoms with Gasteiger partial charge in [-0.25, -0.2) is 8.78 Å². The molecule has 4 nitrogen and oxygen atoms in total. The van der Waals surface area contributed by atoms with E-state index in [1.54, 1.807) is 30.9 Å². The first kappa shape index (κ1) is 17.4. The molecule has 7 heteroatoms. The number of hydrogen-bond acceptors (Lipinski definition) is 2. The van der Waals surface area contributed by atoms with Crippen molar-refractivity contribution in [1.82, 2.24) is 14.5 Å². The van der Waals surface area contributed by atoms with Crippen LogP contribution in [0.2, 0.25) is 5.02 Å². The molecule has 1 amide bonds. The Morgan fingerprint density at radius 3 is 2.72 bits per heavy atom. The topological polar surface area (TPSA) is 38.1 Å². The van der Waals surface area contributed by atoms with Gasteiger partial charge in [0.05, 0.1) is 10.5 Å². The molecule has 0 atom stereocenters. The van der Waals surface area contributed by atoms with Gasteiger partial charge in [0.25, 0.3) is 0 Å². The summed E-state index contributed by atoms with van der Waals surface area (Å²) < 4.78 is 29.6. The van der Waals surface area contributed by atoms with Gasteiger partial charge in [0, 0.05) is 43.2 Å². The number of hydrogen-bond donors (Lipinski definition) is 0. The molecule has 0 N–H and O–H groups in total. The highest BCUT2D eigenvalue weighted by Gasteiger charge is 2.16. The van der Waals surface area contributed by atoms with Gasteiger partial charge in [-0.2, -0.15) is 0 Å². The van der Waals surface area contributed by atoms with E-state index >= 15 is 0 Å². The molecule has 0 saturated heterocycles. The highest BCUT2D eigenvalue weighted by Crippen LogP contribution is 2.31. The van der Waals surface area contributed by atoms with Crippen molar-refractivity contribution in [3.8, 4) is 11.1 Å². The van der Waals surface area contributed by atoms with Crippen molar-refractivity contribution in [1.29, 1.82) is 0 Å². The second-order valence-electron chi connectivity index (χ2n) is 6.02.